The van der Waals surface area contributed by atoms with Crippen molar-refractivity contribution < 1.29 is 0 Å². The second kappa shape index (κ2) is 4.60. The topological polar surface area (TPSA) is 50.9 Å². The third-order valence-electron chi connectivity index (χ3n) is 2.01. The first-order chi connectivity index (χ1) is 7.66. The molecule has 1 aromatic carbocycles. The summed E-state index contributed by atoms with van der Waals surface area (Å²) in [4.78, 5) is 4.09. The first-order valence-electron chi connectivity index (χ1n) is 4.59. The molecule has 0 saturated carbocycles. The lowest BCUT2D eigenvalue weighted by Gasteiger charge is -2.09. The molecule has 1 heterocycles. The molecule has 0 fully saturated rings. The molecule has 0 amide bonds. The van der Waals surface area contributed by atoms with Crippen molar-refractivity contribution >= 4 is 40.4 Å². The summed E-state index contributed by atoms with van der Waals surface area (Å²) in [5.41, 5.74) is 7.00. The van der Waals surface area contributed by atoms with E-state index in [0.717, 1.165) is 5.69 Å². The van der Waals surface area contributed by atoms with Crippen LogP contribution in [0.15, 0.2) is 36.5 Å². The van der Waals surface area contributed by atoms with Crippen LogP contribution in [0.5, 0.6) is 0 Å². The zero-order valence-corrected chi connectivity index (χ0v) is 9.76. The van der Waals surface area contributed by atoms with Gasteiger partial charge in [0.25, 0.3) is 0 Å². The molecule has 0 bridgehead atoms. The second-order valence-electron chi connectivity index (χ2n) is 3.20. The number of nitrogens with one attached hydrogen (secondary N) is 1. The highest BCUT2D eigenvalue weighted by atomic mass is 35.5. The second-order valence-corrected chi connectivity index (χ2v) is 4.04. The molecular formula is C11H9Cl2N3. The van der Waals surface area contributed by atoms with Gasteiger partial charge in [-0.2, -0.15) is 0 Å². The fourth-order valence-corrected chi connectivity index (χ4v) is 1.60. The fraction of sp³-hybridized carbons (Fsp3) is 0. The predicted molar refractivity (Wildman–Crippen MR) is 68.4 cm³/mol. The molecule has 2 rings (SSSR count). The highest BCUT2D eigenvalue weighted by Gasteiger charge is 2.04. The largest absolute Gasteiger partial charge is 0.396 e. The van der Waals surface area contributed by atoms with Crippen molar-refractivity contribution in [1.29, 1.82) is 0 Å². The van der Waals surface area contributed by atoms with Gasteiger partial charge in [0.2, 0.25) is 0 Å². The Labute approximate surface area is 103 Å². The summed E-state index contributed by atoms with van der Waals surface area (Å²) >= 11 is 11.8. The van der Waals surface area contributed by atoms with E-state index in [1.807, 2.05) is 18.2 Å². The maximum absolute atomic E-state index is 6.00. The molecule has 0 aliphatic carbocycles. The summed E-state index contributed by atoms with van der Waals surface area (Å²) in [6.07, 6.45) is 1.52. The fourth-order valence-electron chi connectivity index (χ4n) is 1.25. The Balaban J connectivity index is 2.31. The number of hydrogen-bond acceptors (Lipinski definition) is 3. The van der Waals surface area contributed by atoms with Crippen LogP contribution in [-0.2, 0) is 0 Å². The number of nitrogens with two attached hydrogens (primary N) is 1. The van der Waals surface area contributed by atoms with Gasteiger partial charge in [0.1, 0.15) is 0 Å². The highest BCUT2D eigenvalue weighted by Crippen LogP contribution is 2.27. The van der Waals surface area contributed by atoms with Crippen LogP contribution in [0.2, 0.25) is 10.0 Å². The van der Waals surface area contributed by atoms with Gasteiger partial charge in [-0.15, -0.1) is 0 Å². The van der Waals surface area contributed by atoms with Crippen molar-refractivity contribution in [3.8, 4) is 0 Å². The van der Waals surface area contributed by atoms with Crippen molar-refractivity contribution in [3.05, 3.63) is 46.6 Å². The first-order valence-corrected chi connectivity index (χ1v) is 5.35. The molecule has 0 atom stereocenters. The van der Waals surface area contributed by atoms with Crippen molar-refractivity contribution in [3.63, 3.8) is 0 Å². The van der Waals surface area contributed by atoms with E-state index < -0.39 is 0 Å². The minimum absolute atomic E-state index is 0.479. The highest BCUT2D eigenvalue weighted by molar-refractivity contribution is 6.33. The van der Waals surface area contributed by atoms with Gasteiger partial charge in [0.15, 0.2) is 5.82 Å². The van der Waals surface area contributed by atoms with Crippen LogP contribution in [0, 0.1) is 0 Å². The average Bonchev–Trinajstić information content (AvgIpc) is 2.25. The van der Waals surface area contributed by atoms with E-state index in [1.165, 1.54) is 6.20 Å². The van der Waals surface area contributed by atoms with Crippen molar-refractivity contribution in [2.75, 3.05) is 11.1 Å². The minimum Gasteiger partial charge on any atom is -0.396 e. The monoisotopic (exact) mass is 253 g/mol. The van der Waals surface area contributed by atoms with Crippen LogP contribution in [0.3, 0.4) is 0 Å². The Morgan fingerprint density at radius 2 is 1.94 bits per heavy atom. The molecule has 1 aromatic heterocycles. The molecule has 0 aliphatic heterocycles. The van der Waals surface area contributed by atoms with Gasteiger partial charge in [-0.1, -0.05) is 35.3 Å². The smallest absolute Gasteiger partial charge is 0.153 e. The summed E-state index contributed by atoms with van der Waals surface area (Å²) < 4.78 is 0. The SMILES string of the molecule is Nc1cc(Cl)cnc1Nc1ccccc1Cl. The third kappa shape index (κ3) is 2.38. The molecule has 0 saturated heterocycles. The van der Waals surface area contributed by atoms with E-state index in [1.54, 1.807) is 12.1 Å². The lowest BCUT2D eigenvalue weighted by atomic mass is 10.3. The molecule has 0 unspecified atom stereocenters. The minimum atomic E-state index is 0.479. The summed E-state index contributed by atoms with van der Waals surface area (Å²) in [5, 5.41) is 4.15. The van der Waals surface area contributed by atoms with E-state index >= 15 is 0 Å². The first kappa shape index (κ1) is 11.0. The normalized spacial score (nSPS) is 10.1. The Morgan fingerprint density at radius 1 is 1.19 bits per heavy atom. The predicted octanol–water partition coefficient (Wildman–Crippen LogP) is 3.71. The zero-order chi connectivity index (χ0) is 11.5. The Morgan fingerprint density at radius 3 is 2.62 bits per heavy atom. The average molecular weight is 254 g/mol. The Bertz CT molecular complexity index is 514. The van der Waals surface area contributed by atoms with Crippen LogP contribution in [0.25, 0.3) is 0 Å². The van der Waals surface area contributed by atoms with Crippen LogP contribution in [-0.4, -0.2) is 4.98 Å². The number of halogens is 2. The van der Waals surface area contributed by atoms with Crippen molar-refractivity contribution in [2.24, 2.45) is 0 Å². The van der Waals surface area contributed by atoms with Gasteiger partial charge in [0.05, 0.1) is 21.4 Å². The Hall–Kier alpha value is -1.45. The number of para-hydroxylation sites is 1. The molecule has 82 valence electrons. The van der Waals surface area contributed by atoms with Crippen LogP contribution < -0.4 is 11.1 Å². The van der Waals surface area contributed by atoms with Gasteiger partial charge >= 0.3 is 0 Å². The lowest BCUT2D eigenvalue weighted by molar-refractivity contribution is 1.31. The quantitative estimate of drug-likeness (QED) is 0.858. The number of aromatic nitrogens is 1. The molecule has 3 N–H and O–H groups in total. The molecule has 5 heteroatoms. The van der Waals surface area contributed by atoms with Gasteiger partial charge < -0.3 is 11.1 Å². The molecule has 0 spiro atoms. The van der Waals surface area contributed by atoms with E-state index in [2.05, 4.69) is 10.3 Å². The van der Waals surface area contributed by atoms with Gasteiger partial charge in [0, 0.05) is 6.20 Å². The summed E-state index contributed by atoms with van der Waals surface area (Å²) in [6, 6.07) is 8.99. The third-order valence-corrected chi connectivity index (χ3v) is 2.55. The van der Waals surface area contributed by atoms with Crippen molar-refractivity contribution in [2.45, 2.75) is 0 Å². The van der Waals surface area contributed by atoms with Gasteiger partial charge in [-0.25, -0.2) is 4.98 Å². The maximum Gasteiger partial charge on any atom is 0.153 e. The van der Waals surface area contributed by atoms with E-state index in [4.69, 9.17) is 28.9 Å². The van der Waals surface area contributed by atoms with E-state index in [-0.39, 0.29) is 0 Å². The standard InChI is InChI=1S/C11H9Cl2N3/c12-7-5-9(14)11(15-6-7)16-10-4-2-1-3-8(10)13/h1-6H,14H2,(H,15,16). The number of anilines is 3. The molecule has 3 nitrogen and oxygen atoms in total. The number of hydrogen-bond donors (Lipinski definition) is 2. The van der Waals surface area contributed by atoms with E-state index in [0.29, 0.717) is 21.6 Å². The molecule has 0 radical (unpaired) electrons. The van der Waals surface area contributed by atoms with Gasteiger partial charge in [-0.3, -0.25) is 0 Å². The number of nitrogens with zero attached hydrogens (tertiary/aromatic N) is 1. The zero-order valence-electron chi connectivity index (χ0n) is 8.24. The van der Waals surface area contributed by atoms with Crippen LogP contribution in [0.4, 0.5) is 17.2 Å². The summed E-state index contributed by atoms with van der Waals surface area (Å²) in [5.74, 6) is 0.539. The Kier molecular flexibility index (Phi) is 3.17. The molecule has 16 heavy (non-hydrogen) atoms. The number of benzene rings is 1. The van der Waals surface area contributed by atoms with Crippen molar-refractivity contribution in [1.82, 2.24) is 4.98 Å². The number of pyridine rings is 1. The molecular weight excluding hydrogens is 245 g/mol. The van der Waals surface area contributed by atoms with Gasteiger partial charge in [-0.05, 0) is 18.2 Å². The van der Waals surface area contributed by atoms with E-state index in [9.17, 15) is 0 Å². The van der Waals surface area contributed by atoms with Crippen LogP contribution >= 0.6 is 23.2 Å². The maximum atomic E-state index is 6.00. The van der Waals surface area contributed by atoms with Crippen LogP contribution in [0.1, 0.15) is 0 Å². The molecule has 2 aromatic rings. The lowest BCUT2D eigenvalue weighted by Crippen LogP contribution is -1.99. The number of nitrogen functional groups attached to an aromatic ring is 1. The summed E-state index contributed by atoms with van der Waals surface area (Å²) in [6.45, 7) is 0. The molecule has 0 aliphatic rings. The summed E-state index contributed by atoms with van der Waals surface area (Å²) in [7, 11) is 0. The number of rotatable bonds is 2.